The van der Waals surface area contributed by atoms with E-state index in [0.717, 1.165) is 5.56 Å². The number of fused-ring (bicyclic) bond motifs is 5. The van der Waals surface area contributed by atoms with Crippen molar-refractivity contribution in [2.45, 2.75) is 18.6 Å². The molecule has 0 saturated carbocycles. The van der Waals surface area contributed by atoms with E-state index >= 15 is 0 Å². The molecule has 0 aromatic heterocycles. The first kappa shape index (κ1) is 12.7. The summed E-state index contributed by atoms with van der Waals surface area (Å²) in [5.41, 5.74) is 0.619. The van der Waals surface area contributed by atoms with Crippen LogP contribution in [0.4, 0.5) is 5.69 Å². The first-order valence-electron chi connectivity index (χ1n) is 7.00. The Balaban J connectivity index is 1.77. The topological polar surface area (TPSA) is 66.8 Å². The minimum atomic E-state index is -1.03. The van der Waals surface area contributed by atoms with Crippen LogP contribution >= 0.6 is 0 Å². The number of ether oxygens (including phenoxy) is 1. The van der Waals surface area contributed by atoms with Crippen LogP contribution in [0, 0.1) is 18.8 Å². The lowest BCUT2D eigenvalue weighted by molar-refractivity contribution is -0.128. The van der Waals surface area contributed by atoms with Crippen LogP contribution in [0.5, 0.6) is 0 Å². The number of anilines is 1. The zero-order chi connectivity index (χ0) is 14.8. The van der Waals surface area contributed by atoms with Crippen LogP contribution in [0.15, 0.2) is 36.4 Å². The van der Waals surface area contributed by atoms with E-state index in [1.165, 1.54) is 4.90 Å². The lowest BCUT2D eigenvalue weighted by Crippen LogP contribution is -2.43. The minimum Gasteiger partial charge on any atom is -0.393 e. The van der Waals surface area contributed by atoms with E-state index in [9.17, 15) is 14.7 Å². The average molecular weight is 285 g/mol. The van der Waals surface area contributed by atoms with Crippen LogP contribution in [0.25, 0.3) is 0 Å². The van der Waals surface area contributed by atoms with Crippen LogP contribution in [-0.4, -0.2) is 35.2 Å². The van der Waals surface area contributed by atoms with Gasteiger partial charge in [0.15, 0.2) is 0 Å². The molecule has 0 unspecified atom stereocenters. The minimum absolute atomic E-state index is 0.237. The van der Waals surface area contributed by atoms with Gasteiger partial charge in [0.2, 0.25) is 11.8 Å². The Bertz CT molecular complexity index is 665. The lowest BCUT2D eigenvalue weighted by Gasteiger charge is -2.26. The molecule has 0 spiro atoms. The van der Waals surface area contributed by atoms with E-state index in [0.29, 0.717) is 5.69 Å². The number of nitrogens with zero attached hydrogens (tertiary/aromatic N) is 1. The number of aliphatic hydroxyl groups is 1. The molecule has 0 radical (unpaired) electrons. The SMILES string of the molecule is Cc1ccc(N2C(=O)[C@H]3[C@@H](C2=O)[C@@]2(CO)C=C[C@H]3O2)cc1. The molecule has 5 nitrogen and oxygen atoms in total. The van der Waals surface area contributed by atoms with E-state index in [1.54, 1.807) is 24.3 Å². The van der Waals surface area contributed by atoms with Gasteiger partial charge in [-0.1, -0.05) is 29.8 Å². The molecule has 3 aliphatic rings. The Morgan fingerprint density at radius 1 is 1.24 bits per heavy atom. The van der Waals surface area contributed by atoms with Gasteiger partial charge in [0, 0.05) is 0 Å². The number of rotatable bonds is 2. The van der Waals surface area contributed by atoms with Crippen molar-refractivity contribution in [1.29, 1.82) is 0 Å². The van der Waals surface area contributed by atoms with E-state index in [-0.39, 0.29) is 18.4 Å². The van der Waals surface area contributed by atoms with Crippen LogP contribution in [0.3, 0.4) is 0 Å². The molecule has 2 amide bonds. The highest BCUT2D eigenvalue weighted by atomic mass is 16.5. The summed E-state index contributed by atoms with van der Waals surface area (Å²) in [5.74, 6) is -1.66. The number of hydrogen-bond acceptors (Lipinski definition) is 4. The lowest BCUT2D eigenvalue weighted by atomic mass is 9.77. The highest BCUT2D eigenvalue weighted by Gasteiger charge is 2.67. The van der Waals surface area contributed by atoms with Crippen molar-refractivity contribution in [2.75, 3.05) is 11.5 Å². The Morgan fingerprint density at radius 2 is 1.95 bits per heavy atom. The fourth-order valence-corrected chi connectivity index (χ4v) is 3.63. The number of aryl methyl sites for hydroxylation is 1. The van der Waals surface area contributed by atoms with Gasteiger partial charge in [-0.3, -0.25) is 9.59 Å². The molecule has 108 valence electrons. The van der Waals surface area contributed by atoms with Gasteiger partial charge in [-0.15, -0.1) is 0 Å². The number of carbonyl (C=O) groups excluding carboxylic acids is 2. The summed E-state index contributed by atoms with van der Waals surface area (Å²) in [6, 6.07) is 7.28. The second-order valence-electron chi connectivity index (χ2n) is 5.91. The molecule has 4 rings (SSSR count). The summed E-state index contributed by atoms with van der Waals surface area (Å²) in [6.07, 6.45) is 3.10. The second kappa shape index (κ2) is 4.02. The van der Waals surface area contributed by atoms with Crippen molar-refractivity contribution in [3.63, 3.8) is 0 Å². The molecule has 0 aliphatic carbocycles. The van der Waals surface area contributed by atoms with Gasteiger partial charge in [0.05, 0.1) is 30.2 Å². The predicted octanol–water partition coefficient (Wildman–Crippen LogP) is 0.800. The van der Waals surface area contributed by atoms with Crippen LogP contribution in [0.2, 0.25) is 0 Å². The molecular formula is C16H15NO4. The Morgan fingerprint density at radius 3 is 2.62 bits per heavy atom. The van der Waals surface area contributed by atoms with Crippen molar-refractivity contribution in [1.82, 2.24) is 0 Å². The maximum absolute atomic E-state index is 12.7. The molecule has 1 aromatic carbocycles. The third kappa shape index (κ3) is 1.47. The van der Waals surface area contributed by atoms with Crippen LogP contribution in [0.1, 0.15) is 5.56 Å². The molecule has 1 aromatic rings. The summed E-state index contributed by atoms with van der Waals surface area (Å²) < 4.78 is 5.69. The molecule has 5 heteroatoms. The third-order valence-electron chi connectivity index (χ3n) is 4.69. The first-order valence-corrected chi connectivity index (χ1v) is 7.00. The Labute approximate surface area is 121 Å². The first-order chi connectivity index (χ1) is 10.1. The van der Waals surface area contributed by atoms with Crippen molar-refractivity contribution in [3.8, 4) is 0 Å². The quantitative estimate of drug-likeness (QED) is 0.645. The largest absolute Gasteiger partial charge is 0.393 e. The number of imide groups is 1. The summed E-state index contributed by atoms with van der Waals surface area (Å²) >= 11 is 0. The number of aliphatic hydroxyl groups excluding tert-OH is 1. The van der Waals surface area contributed by atoms with E-state index in [1.807, 2.05) is 19.1 Å². The monoisotopic (exact) mass is 285 g/mol. The number of amides is 2. The molecule has 3 heterocycles. The van der Waals surface area contributed by atoms with Gasteiger partial charge in [-0.05, 0) is 19.1 Å². The third-order valence-corrected chi connectivity index (χ3v) is 4.69. The van der Waals surface area contributed by atoms with Crippen molar-refractivity contribution in [2.24, 2.45) is 11.8 Å². The van der Waals surface area contributed by atoms with Crippen molar-refractivity contribution >= 4 is 17.5 Å². The van der Waals surface area contributed by atoms with Crippen molar-refractivity contribution < 1.29 is 19.4 Å². The Hall–Kier alpha value is -1.98. The highest BCUT2D eigenvalue weighted by molar-refractivity contribution is 6.23. The molecular weight excluding hydrogens is 270 g/mol. The number of carbonyl (C=O) groups is 2. The smallest absolute Gasteiger partial charge is 0.241 e. The van der Waals surface area contributed by atoms with Gasteiger partial charge >= 0.3 is 0 Å². The molecule has 2 bridgehead atoms. The fraction of sp³-hybridized carbons (Fsp3) is 0.375. The maximum Gasteiger partial charge on any atom is 0.241 e. The van der Waals surface area contributed by atoms with Gasteiger partial charge in [0.1, 0.15) is 5.60 Å². The zero-order valence-electron chi connectivity index (χ0n) is 11.5. The van der Waals surface area contributed by atoms with Gasteiger partial charge < -0.3 is 9.84 Å². The summed E-state index contributed by atoms with van der Waals surface area (Å²) in [6.45, 7) is 1.66. The van der Waals surface area contributed by atoms with Gasteiger partial charge in [-0.25, -0.2) is 4.90 Å². The average Bonchev–Trinajstić information content (AvgIpc) is 3.12. The molecule has 3 aliphatic heterocycles. The molecule has 1 N–H and O–H groups in total. The van der Waals surface area contributed by atoms with Crippen LogP contribution in [-0.2, 0) is 14.3 Å². The van der Waals surface area contributed by atoms with Crippen molar-refractivity contribution in [3.05, 3.63) is 42.0 Å². The fourth-order valence-electron chi connectivity index (χ4n) is 3.63. The normalized spacial score (nSPS) is 36.7. The summed E-state index contributed by atoms with van der Waals surface area (Å²) in [4.78, 5) is 26.6. The van der Waals surface area contributed by atoms with Crippen LogP contribution < -0.4 is 4.90 Å². The van der Waals surface area contributed by atoms with E-state index < -0.39 is 23.5 Å². The standard InChI is InChI=1S/C16H15NO4/c1-9-2-4-10(5-3-9)17-14(19)12-11-6-7-16(8-18,21-11)13(12)15(17)20/h2-7,11-13,18H,8H2,1H3/t11-,12-,13+,16+/m1/s1. The maximum atomic E-state index is 12.7. The molecule has 4 atom stereocenters. The van der Waals surface area contributed by atoms with E-state index in [4.69, 9.17) is 4.74 Å². The molecule has 21 heavy (non-hydrogen) atoms. The number of benzene rings is 1. The van der Waals surface area contributed by atoms with Gasteiger partial charge in [0.25, 0.3) is 0 Å². The summed E-state index contributed by atoms with van der Waals surface area (Å²) in [7, 11) is 0. The zero-order valence-corrected chi connectivity index (χ0v) is 11.5. The molecule has 2 fully saturated rings. The predicted molar refractivity (Wildman–Crippen MR) is 74.5 cm³/mol. The van der Waals surface area contributed by atoms with Gasteiger partial charge in [-0.2, -0.15) is 0 Å². The highest BCUT2D eigenvalue weighted by Crippen LogP contribution is 2.52. The molecule has 2 saturated heterocycles. The Kier molecular flexibility index (Phi) is 2.44. The van der Waals surface area contributed by atoms with E-state index in [2.05, 4.69) is 0 Å². The second-order valence-corrected chi connectivity index (χ2v) is 5.91. The summed E-state index contributed by atoms with van der Waals surface area (Å²) in [5, 5.41) is 9.63. The number of hydrogen-bond donors (Lipinski definition) is 1.